The summed E-state index contributed by atoms with van der Waals surface area (Å²) in [6.45, 7) is 2.37. The molecule has 98 valence electrons. The Balaban J connectivity index is 2.42. The van der Waals surface area contributed by atoms with Crippen LogP contribution in [0.3, 0.4) is 0 Å². The minimum absolute atomic E-state index is 0.248. The van der Waals surface area contributed by atoms with Crippen molar-refractivity contribution >= 4 is 11.9 Å². The number of rotatable bonds is 4. The van der Waals surface area contributed by atoms with E-state index in [1.165, 1.54) is 0 Å². The third-order valence-corrected chi connectivity index (χ3v) is 2.41. The Bertz CT molecular complexity index is 570. The van der Waals surface area contributed by atoms with Gasteiger partial charge >= 0.3 is 6.09 Å². The summed E-state index contributed by atoms with van der Waals surface area (Å²) < 4.78 is 5.42. The van der Waals surface area contributed by atoms with Gasteiger partial charge in [-0.15, -0.1) is 0 Å². The second-order valence-electron chi connectivity index (χ2n) is 3.80. The molecule has 0 radical (unpaired) electrons. The molecule has 0 unspecified atom stereocenters. The van der Waals surface area contributed by atoms with E-state index >= 15 is 0 Å². The molecule has 2 N–H and O–H groups in total. The van der Waals surface area contributed by atoms with Crippen LogP contribution in [0.25, 0.3) is 11.3 Å². The third kappa shape index (κ3) is 3.45. The number of ether oxygens (including phenoxy) is 1. The van der Waals surface area contributed by atoms with E-state index in [1.807, 2.05) is 37.3 Å². The number of hydrogen-bond acceptors (Lipinski definition) is 3. The quantitative estimate of drug-likeness (QED) is 0.883. The molecule has 5 nitrogen and oxygen atoms in total. The Morgan fingerprint density at radius 1 is 1.32 bits per heavy atom. The van der Waals surface area contributed by atoms with Crippen molar-refractivity contribution in [2.24, 2.45) is 0 Å². The van der Waals surface area contributed by atoms with E-state index in [4.69, 9.17) is 9.84 Å². The average molecular weight is 258 g/mol. The van der Waals surface area contributed by atoms with E-state index in [9.17, 15) is 4.79 Å². The smallest absolute Gasteiger partial charge is 0.410 e. The minimum atomic E-state index is -1.15. The zero-order valence-corrected chi connectivity index (χ0v) is 10.5. The molecule has 1 aromatic carbocycles. The van der Waals surface area contributed by atoms with Crippen LogP contribution in [-0.2, 0) is 0 Å². The Morgan fingerprint density at radius 2 is 2.05 bits per heavy atom. The lowest BCUT2D eigenvalue weighted by Gasteiger charge is -2.09. The van der Waals surface area contributed by atoms with Crippen molar-refractivity contribution in [1.82, 2.24) is 4.98 Å². The molecular formula is C14H14N2O3. The molecule has 0 saturated carbocycles. The predicted octanol–water partition coefficient (Wildman–Crippen LogP) is 3.24. The second-order valence-corrected chi connectivity index (χ2v) is 3.80. The number of hydrogen-bond donors (Lipinski definition) is 2. The highest BCUT2D eigenvalue weighted by atomic mass is 16.5. The fourth-order valence-corrected chi connectivity index (χ4v) is 1.69. The summed E-state index contributed by atoms with van der Waals surface area (Å²) in [5.74, 6) is 0.831. The molecule has 0 atom stereocenters. The summed E-state index contributed by atoms with van der Waals surface area (Å²) in [6, 6.07) is 12.9. The number of amides is 1. The maximum Gasteiger partial charge on any atom is 0.410 e. The number of benzene rings is 1. The second kappa shape index (κ2) is 5.86. The lowest BCUT2D eigenvalue weighted by atomic mass is 10.1. The fourth-order valence-electron chi connectivity index (χ4n) is 1.69. The van der Waals surface area contributed by atoms with Crippen molar-refractivity contribution in [3.05, 3.63) is 42.5 Å². The van der Waals surface area contributed by atoms with Gasteiger partial charge in [-0.2, -0.15) is 0 Å². The molecule has 0 saturated heterocycles. The largest absolute Gasteiger partial charge is 0.494 e. The lowest BCUT2D eigenvalue weighted by molar-refractivity contribution is 0.209. The van der Waals surface area contributed by atoms with Gasteiger partial charge in [-0.25, -0.2) is 9.78 Å². The molecule has 5 heteroatoms. The molecule has 0 bridgehead atoms. The summed E-state index contributed by atoms with van der Waals surface area (Å²) in [4.78, 5) is 14.9. The van der Waals surface area contributed by atoms with Crippen LogP contribution in [0.1, 0.15) is 6.92 Å². The van der Waals surface area contributed by atoms with Crippen molar-refractivity contribution < 1.29 is 14.6 Å². The minimum Gasteiger partial charge on any atom is -0.494 e. The number of anilines is 1. The van der Waals surface area contributed by atoms with Crippen LogP contribution in [0.15, 0.2) is 42.5 Å². The molecule has 0 aliphatic heterocycles. The Hall–Kier alpha value is -2.56. The van der Waals surface area contributed by atoms with E-state index in [1.54, 1.807) is 12.1 Å². The topological polar surface area (TPSA) is 71.5 Å². The molecule has 2 rings (SSSR count). The maximum absolute atomic E-state index is 10.7. The van der Waals surface area contributed by atoms with Crippen LogP contribution in [0.2, 0.25) is 0 Å². The predicted molar refractivity (Wildman–Crippen MR) is 72.5 cm³/mol. The molecule has 0 spiro atoms. The van der Waals surface area contributed by atoms with Crippen LogP contribution in [0.5, 0.6) is 5.75 Å². The van der Waals surface area contributed by atoms with E-state index in [0.717, 1.165) is 5.56 Å². The van der Waals surface area contributed by atoms with Gasteiger partial charge in [0, 0.05) is 17.7 Å². The zero-order chi connectivity index (χ0) is 13.7. The fraction of sp³-hybridized carbons (Fsp3) is 0.143. The van der Waals surface area contributed by atoms with Gasteiger partial charge in [0.15, 0.2) is 0 Å². The van der Waals surface area contributed by atoms with Gasteiger partial charge in [-0.1, -0.05) is 30.3 Å². The van der Waals surface area contributed by atoms with Crippen molar-refractivity contribution in [2.75, 3.05) is 11.9 Å². The number of nitrogens with zero attached hydrogens (tertiary/aromatic N) is 1. The van der Waals surface area contributed by atoms with Crippen molar-refractivity contribution in [1.29, 1.82) is 0 Å². The van der Waals surface area contributed by atoms with Crippen LogP contribution < -0.4 is 10.1 Å². The molecule has 1 heterocycles. The number of aromatic nitrogens is 1. The Labute approximate surface area is 110 Å². The van der Waals surface area contributed by atoms with Gasteiger partial charge < -0.3 is 9.84 Å². The molecule has 1 aromatic heterocycles. The summed E-state index contributed by atoms with van der Waals surface area (Å²) in [5.41, 5.74) is 1.56. The van der Waals surface area contributed by atoms with Gasteiger partial charge in [-0.05, 0) is 6.92 Å². The van der Waals surface area contributed by atoms with Gasteiger partial charge in [0.2, 0.25) is 0 Å². The number of carbonyl (C=O) groups is 1. The van der Waals surface area contributed by atoms with E-state index in [-0.39, 0.29) is 5.82 Å². The average Bonchev–Trinajstić information content (AvgIpc) is 2.39. The summed E-state index contributed by atoms with van der Waals surface area (Å²) in [6.07, 6.45) is -1.15. The van der Waals surface area contributed by atoms with Gasteiger partial charge in [0.25, 0.3) is 0 Å². The molecule has 1 amide bonds. The molecule has 0 fully saturated rings. The van der Waals surface area contributed by atoms with Crippen molar-refractivity contribution in [2.45, 2.75) is 6.92 Å². The number of carboxylic acid groups (broad SMARTS) is 1. The third-order valence-electron chi connectivity index (χ3n) is 2.41. The van der Waals surface area contributed by atoms with E-state index < -0.39 is 6.09 Å². The molecule has 19 heavy (non-hydrogen) atoms. The standard InChI is InChI=1S/C14H14N2O3/c1-2-19-11-8-12(10-6-4-3-5-7-10)15-13(9-11)16-14(17)18/h3-9H,2H2,1H3,(H,15,16)(H,17,18). The summed E-state index contributed by atoms with van der Waals surface area (Å²) >= 11 is 0. The van der Waals surface area contributed by atoms with Crippen LogP contribution in [0, 0.1) is 0 Å². The normalized spacial score (nSPS) is 9.95. The molecule has 2 aromatic rings. The first-order valence-corrected chi connectivity index (χ1v) is 5.89. The molecule has 0 aliphatic rings. The highest BCUT2D eigenvalue weighted by Gasteiger charge is 2.07. The zero-order valence-electron chi connectivity index (χ0n) is 10.5. The number of pyridine rings is 1. The van der Waals surface area contributed by atoms with Gasteiger partial charge in [0.1, 0.15) is 11.6 Å². The SMILES string of the molecule is CCOc1cc(NC(=O)O)nc(-c2ccccc2)c1. The Morgan fingerprint density at radius 3 is 2.68 bits per heavy atom. The van der Waals surface area contributed by atoms with Gasteiger partial charge in [-0.3, -0.25) is 5.32 Å². The first kappa shape index (κ1) is 12.9. The van der Waals surface area contributed by atoms with E-state index in [2.05, 4.69) is 10.3 Å². The van der Waals surface area contributed by atoms with Gasteiger partial charge in [0.05, 0.1) is 12.3 Å². The van der Waals surface area contributed by atoms with Crippen LogP contribution >= 0.6 is 0 Å². The monoisotopic (exact) mass is 258 g/mol. The Kier molecular flexibility index (Phi) is 3.97. The highest BCUT2D eigenvalue weighted by Crippen LogP contribution is 2.25. The molecule has 0 aliphatic carbocycles. The highest BCUT2D eigenvalue weighted by molar-refractivity contribution is 5.82. The first-order valence-electron chi connectivity index (χ1n) is 5.89. The first-order chi connectivity index (χ1) is 9.19. The van der Waals surface area contributed by atoms with Crippen LogP contribution in [-0.4, -0.2) is 22.8 Å². The van der Waals surface area contributed by atoms with Crippen LogP contribution in [0.4, 0.5) is 10.6 Å². The number of nitrogens with one attached hydrogen (secondary N) is 1. The maximum atomic E-state index is 10.7. The summed E-state index contributed by atoms with van der Waals surface area (Å²) in [5, 5.41) is 11.0. The lowest BCUT2D eigenvalue weighted by Crippen LogP contribution is -2.09. The molecular weight excluding hydrogens is 244 g/mol. The van der Waals surface area contributed by atoms with Crippen molar-refractivity contribution in [3.8, 4) is 17.0 Å². The van der Waals surface area contributed by atoms with Crippen molar-refractivity contribution in [3.63, 3.8) is 0 Å². The van der Waals surface area contributed by atoms with E-state index in [0.29, 0.717) is 18.1 Å². The summed E-state index contributed by atoms with van der Waals surface area (Å²) in [7, 11) is 0.